The zero-order chi connectivity index (χ0) is 22.0. The van der Waals surface area contributed by atoms with Crippen LogP contribution in [0.15, 0.2) is 122 Å². The lowest BCUT2D eigenvalue weighted by Crippen LogP contribution is -1.90. The van der Waals surface area contributed by atoms with Gasteiger partial charge in [-0.05, 0) is 58.6 Å². The molecular weight excluding hydrogens is 404 g/mol. The second-order valence-corrected chi connectivity index (χ2v) is 7.92. The summed E-state index contributed by atoms with van der Waals surface area (Å²) in [6.45, 7) is 0. The quantitative estimate of drug-likeness (QED) is 0.288. The maximum atomic E-state index is 6.37. The standard InChI is InChI=1S/C30H20N2O/c1-4-13-27-21(8-1)15-17-32-30(27)23-10-7-11-24(19-23)33-25-18-22-9-2-3-12-26(22)28(20-25)29-14-5-6-16-31-29/h1-20H. The Morgan fingerprint density at radius 2 is 1.33 bits per heavy atom. The third kappa shape index (κ3) is 3.70. The van der Waals surface area contributed by atoms with Crippen molar-refractivity contribution in [3.05, 3.63) is 122 Å². The van der Waals surface area contributed by atoms with Crippen LogP contribution in [0, 0.1) is 0 Å². The summed E-state index contributed by atoms with van der Waals surface area (Å²) in [6.07, 6.45) is 3.67. The van der Waals surface area contributed by atoms with Gasteiger partial charge in [-0.1, -0.05) is 66.7 Å². The molecule has 6 aromatic rings. The maximum absolute atomic E-state index is 6.37. The fourth-order valence-electron chi connectivity index (χ4n) is 4.27. The van der Waals surface area contributed by atoms with Crippen molar-refractivity contribution >= 4 is 21.5 Å². The van der Waals surface area contributed by atoms with E-state index in [1.807, 2.05) is 73.1 Å². The zero-order valence-corrected chi connectivity index (χ0v) is 17.8. The molecule has 156 valence electrons. The molecule has 0 unspecified atom stereocenters. The largest absolute Gasteiger partial charge is 0.457 e. The Kier molecular flexibility index (Phi) is 4.78. The minimum atomic E-state index is 0.768. The second-order valence-electron chi connectivity index (χ2n) is 7.92. The molecular formula is C30H20N2O. The molecule has 0 saturated carbocycles. The van der Waals surface area contributed by atoms with E-state index in [0.717, 1.165) is 50.2 Å². The molecule has 0 saturated heterocycles. The molecule has 0 N–H and O–H groups in total. The Bertz CT molecular complexity index is 1590. The summed E-state index contributed by atoms with van der Waals surface area (Å²) < 4.78 is 6.37. The summed E-state index contributed by atoms with van der Waals surface area (Å²) in [5.74, 6) is 1.54. The molecule has 0 fully saturated rings. The van der Waals surface area contributed by atoms with Crippen LogP contribution < -0.4 is 4.74 Å². The number of benzene rings is 4. The average Bonchev–Trinajstić information content (AvgIpc) is 2.88. The maximum Gasteiger partial charge on any atom is 0.128 e. The first-order chi connectivity index (χ1) is 16.3. The summed E-state index contributed by atoms with van der Waals surface area (Å²) in [6, 6.07) is 36.9. The number of hydrogen-bond acceptors (Lipinski definition) is 3. The van der Waals surface area contributed by atoms with E-state index in [-0.39, 0.29) is 0 Å². The first-order valence-electron chi connectivity index (χ1n) is 10.9. The lowest BCUT2D eigenvalue weighted by atomic mass is 10.0. The van der Waals surface area contributed by atoms with Crippen LogP contribution in [0.1, 0.15) is 0 Å². The minimum Gasteiger partial charge on any atom is -0.457 e. The first-order valence-corrected chi connectivity index (χ1v) is 10.9. The van der Waals surface area contributed by atoms with Gasteiger partial charge in [0.15, 0.2) is 0 Å². The van der Waals surface area contributed by atoms with Crippen LogP contribution in [-0.4, -0.2) is 9.97 Å². The van der Waals surface area contributed by atoms with Gasteiger partial charge in [-0.2, -0.15) is 0 Å². The average molecular weight is 425 g/mol. The predicted octanol–water partition coefficient (Wildman–Crippen LogP) is 7.91. The number of hydrogen-bond donors (Lipinski definition) is 0. The highest BCUT2D eigenvalue weighted by atomic mass is 16.5. The van der Waals surface area contributed by atoms with E-state index < -0.39 is 0 Å². The summed E-state index contributed by atoms with van der Waals surface area (Å²) in [5, 5.41) is 4.56. The van der Waals surface area contributed by atoms with Gasteiger partial charge in [-0.3, -0.25) is 9.97 Å². The van der Waals surface area contributed by atoms with Crippen molar-refractivity contribution in [2.24, 2.45) is 0 Å². The van der Waals surface area contributed by atoms with Gasteiger partial charge in [0, 0.05) is 28.9 Å². The summed E-state index contributed by atoms with van der Waals surface area (Å²) in [7, 11) is 0. The molecule has 0 radical (unpaired) electrons. The van der Waals surface area contributed by atoms with Crippen LogP contribution in [0.4, 0.5) is 0 Å². The van der Waals surface area contributed by atoms with Crippen LogP contribution in [0.5, 0.6) is 11.5 Å². The van der Waals surface area contributed by atoms with Crippen molar-refractivity contribution in [3.63, 3.8) is 0 Å². The number of aromatic nitrogens is 2. The van der Waals surface area contributed by atoms with Crippen LogP contribution in [0.2, 0.25) is 0 Å². The van der Waals surface area contributed by atoms with Crippen molar-refractivity contribution in [1.29, 1.82) is 0 Å². The van der Waals surface area contributed by atoms with Crippen LogP contribution in [0.25, 0.3) is 44.1 Å². The molecule has 3 nitrogen and oxygen atoms in total. The fourth-order valence-corrected chi connectivity index (χ4v) is 4.27. The Balaban J connectivity index is 1.43. The first kappa shape index (κ1) is 19.2. The second kappa shape index (κ2) is 8.21. The molecule has 4 aromatic carbocycles. The summed E-state index contributed by atoms with van der Waals surface area (Å²) in [5.41, 5.74) is 3.95. The number of rotatable bonds is 4. The fraction of sp³-hybridized carbons (Fsp3) is 0. The Morgan fingerprint density at radius 3 is 2.21 bits per heavy atom. The Labute approximate surface area is 192 Å². The molecule has 0 aliphatic heterocycles. The highest BCUT2D eigenvalue weighted by Gasteiger charge is 2.10. The molecule has 0 spiro atoms. The monoisotopic (exact) mass is 424 g/mol. The summed E-state index contributed by atoms with van der Waals surface area (Å²) >= 11 is 0. The number of ether oxygens (including phenoxy) is 1. The Hall–Kier alpha value is -4.50. The van der Waals surface area contributed by atoms with Crippen LogP contribution in [0.3, 0.4) is 0 Å². The van der Waals surface area contributed by atoms with Crippen LogP contribution in [-0.2, 0) is 0 Å². The highest BCUT2D eigenvalue weighted by molar-refractivity contribution is 5.97. The van der Waals surface area contributed by atoms with E-state index >= 15 is 0 Å². The zero-order valence-electron chi connectivity index (χ0n) is 17.8. The molecule has 0 bridgehead atoms. The van der Waals surface area contributed by atoms with E-state index in [2.05, 4.69) is 58.5 Å². The smallest absolute Gasteiger partial charge is 0.128 e. The van der Waals surface area contributed by atoms with Gasteiger partial charge in [0.2, 0.25) is 0 Å². The predicted molar refractivity (Wildman–Crippen MR) is 134 cm³/mol. The van der Waals surface area contributed by atoms with E-state index in [9.17, 15) is 0 Å². The lowest BCUT2D eigenvalue weighted by molar-refractivity contribution is 0.484. The van der Waals surface area contributed by atoms with Gasteiger partial charge in [-0.15, -0.1) is 0 Å². The molecule has 6 rings (SSSR count). The third-order valence-corrected chi connectivity index (χ3v) is 5.79. The Morgan fingerprint density at radius 1 is 0.515 bits per heavy atom. The molecule has 2 aromatic heterocycles. The van der Waals surface area contributed by atoms with E-state index in [0.29, 0.717) is 0 Å². The normalized spacial score (nSPS) is 11.0. The third-order valence-electron chi connectivity index (χ3n) is 5.79. The van der Waals surface area contributed by atoms with E-state index in [1.165, 1.54) is 5.39 Å². The van der Waals surface area contributed by atoms with Crippen molar-refractivity contribution in [3.8, 4) is 34.0 Å². The molecule has 0 aliphatic rings. The summed E-state index contributed by atoms with van der Waals surface area (Å²) in [4.78, 5) is 9.22. The van der Waals surface area contributed by atoms with E-state index in [1.54, 1.807) is 0 Å². The highest BCUT2D eigenvalue weighted by Crippen LogP contribution is 2.35. The molecule has 0 aliphatic carbocycles. The minimum absolute atomic E-state index is 0.768. The molecule has 33 heavy (non-hydrogen) atoms. The molecule has 0 atom stereocenters. The number of pyridine rings is 2. The molecule has 2 heterocycles. The SMILES string of the molecule is c1ccc(-c2cc(Oc3cccc(-c4nccc5ccccc45)c3)cc3ccccc23)nc1. The van der Waals surface area contributed by atoms with Crippen molar-refractivity contribution in [1.82, 2.24) is 9.97 Å². The van der Waals surface area contributed by atoms with Gasteiger partial charge in [-0.25, -0.2) is 0 Å². The number of nitrogens with zero attached hydrogens (tertiary/aromatic N) is 2. The van der Waals surface area contributed by atoms with Crippen molar-refractivity contribution in [2.75, 3.05) is 0 Å². The lowest BCUT2D eigenvalue weighted by Gasteiger charge is -2.12. The van der Waals surface area contributed by atoms with Crippen molar-refractivity contribution < 1.29 is 4.74 Å². The topological polar surface area (TPSA) is 35.0 Å². The van der Waals surface area contributed by atoms with E-state index in [4.69, 9.17) is 4.74 Å². The number of fused-ring (bicyclic) bond motifs is 2. The van der Waals surface area contributed by atoms with Gasteiger partial charge in [0.05, 0.1) is 11.4 Å². The van der Waals surface area contributed by atoms with Gasteiger partial charge >= 0.3 is 0 Å². The van der Waals surface area contributed by atoms with Gasteiger partial charge in [0.1, 0.15) is 11.5 Å². The molecule has 3 heteroatoms. The van der Waals surface area contributed by atoms with Crippen LogP contribution >= 0.6 is 0 Å². The van der Waals surface area contributed by atoms with Gasteiger partial charge < -0.3 is 4.74 Å². The molecule has 0 amide bonds. The van der Waals surface area contributed by atoms with Gasteiger partial charge in [0.25, 0.3) is 0 Å². The van der Waals surface area contributed by atoms with Crippen molar-refractivity contribution in [2.45, 2.75) is 0 Å².